The summed E-state index contributed by atoms with van der Waals surface area (Å²) in [6.45, 7) is -0.627. The molecule has 7 heteroatoms. The van der Waals surface area contributed by atoms with Crippen LogP contribution in [0.4, 0.5) is 13.6 Å². The lowest BCUT2D eigenvalue weighted by atomic mass is 10.0. The zero-order valence-electron chi connectivity index (χ0n) is 12.6. The average Bonchev–Trinajstić information content (AvgIpc) is 2.55. The van der Waals surface area contributed by atoms with Crippen molar-refractivity contribution in [3.8, 4) is 11.1 Å². The van der Waals surface area contributed by atoms with Crippen LogP contribution in [-0.2, 0) is 16.0 Å². The van der Waals surface area contributed by atoms with E-state index in [9.17, 15) is 18.4 Å². The third-order valence-electron chi connectivity index (χ3n) is 3.22. The van der Waals surface area contributed by atoms with E-state index < -0.39 is 24.5 Å². The molecule has 2 aromatic rings. The Bertz CT molecular complexity index is 732. The van der Waals surface area contributed by atoms with Crippen LogP contribution in [0, 0.1) is 11.6 Å². The van der Waals surface area contributed by atoms with Crippen molar-refractivity contribution < 1.29 is 28.2 Å². The number of carboxylic acid groups (broad SMARTS) is 1. The first kappa shape index (κ1) is 17.4. The monoisotopic (exact) mass is 335 g/mol. The summed E-state index contributed by atoms with van der Waals surface area (Å²) in [7, 11) is 0. The first-order chi connectivity index (χ1) is 11.5. The van der Waals surface area contributed by atoms with Crippen LogP contribution >= 0.6 is 0 Å². The number of carbonyl (C=O) groups is 2. The highest BCUT2D eigenvalue weighted by molar-refractivity contribution is 5.74. The molecule has 0 unspecified atom stereocenters. The highest BCUT2D eigenvalue weighted by Crippen LogP contribution is 2.22. The van der Waals surface area contributed by atoms with E-state index in [4.69, 9.17) is 5.11 Å². The summed E-state index contributed by atoms with van der Waals surface area (Å²) >= 11 is 0. The summed E-state index contributed by atoms with van der Waals surface area (Å²) in [5, 5.41) is 10.7. The van der Waals surface area contributed by atoms with Crippen LogP contribution < -0.4 is 5.32 Å². The van der Waals surface area contributed by atoms with Gasteiger partial charge in [-0.3, -0.25) is 0 Å². The Labute approximate surface area is 136 Å². The standard InChI is InChI=1S/C17H15F2NO4/c18-14-5-3-11(4-6-14)13-2-1-12(15(19)9-13)7-8-20-17(23)24-10-16(21)22/h1-6,9H,7-8,10H2,(H,20,23)(H,21,22). The van der Waals surface area contributed by atoms with Crippen molar-refractivity contribution >= 4 is 12.1 Å². The molecular weight excluding hydrogens is 320 g/mol. The number of halogens is 2. The van der Waals surface area contributed by atoms with Gasteiger partial charge in [-0.2, -0.15) is 0 Å². The topological polar surface area (TPSA) is 75.6 Å². The van der Waals surface area contributed by atoms with Crippen LogP contribution in [0.3, 0.4) is 0 Å². The van der Waals surface area contributed by atoms with Crippen LogP contribution in [0.2, 0.25) is 0 Å². The Kier molecular flexibility index (Phi) is 5.83. The number of amides is 1. The third kappa shape index (κ3) is 5.05. The first-order valence-corrected chi connectivity index (χ1v) is 7.12. The maximum Gasteiger partial charge on any atom is 0.407 e. The number of carboxylic acids is 1. The molecule has 0 saturated heterocycles. The van der Waals surface area contributed by atoms with Crippen molar-refractivity contribution in [1.29, 1.82) is 0 Å². The minimum atomic E-state index is -1.26. The second-order valence-electron chi connectivity index (χ2n) is 4.96. The molecule has 2 rings (SSSR count). The van der Waals surface area contributed by atoms with Gasteiger partial charge >= 0.3 is 12.1 Å². The fourth-order valence-corrected chi connectivity index (χ4v) is 2.05. The fraction of sp³-hybridized carbons (Fsp3) is 0.176. The van der Waals surface area contributed by atoms with E-state index >= 15 is 0 Å². The summed E-state index contributed by atoms with van der Waals surface area (Å²) in [6.07, 6.45) is -0.654. The maximum atomic E-state index is 14.1. The Morgan fingerprint density at radius 3 is 2.33 bits per heavy atom. The van der Waals surface area contributed by atoms with Gasteiger partial charge in [-0.05, 0) is 41.3 Å². The number of hydrogen-bond acceptors (Lipinski definition) is 3. The molecule has 2 aromatic carbocycles. The minimum Gasteiger partial charge on any atom is -0.479 e. The van der Waals surface area contributed by atoms with Crippen molar-refractivity contribution in [3.05, 3.63) is 59.7 Å². The number of carbonyl (C=O) groups excluding carboxylic acids is 1. The van der Waals surface area contributed by atoms with Gasteiger partial charge in [0.05, 0.1) is 0 Å². The zero-order valence-corrected chi connectivity index (χ0v) is 12.6. The fourth-order valence-electron chi connectivity index (χ4n) is 2.05. The van der Waals surface area contributed by atoms with Crippen molar-refractivity contribution in [1.82, 2.24) is 5.32 Å². The number of aliphatic carboxylic acids is 1. The number of alkyl carbamates (subject to hydrolysis) is 1. The molecular formula is C17H15F2NO4. The van der Waals surface area contributed by atoms with Gasteiger partial charge in [0.1, 0.15) is 11.6 Å². The number of benzene rings is 2. The average molecular weight is 335 g/mol. The Hall–Kier alpha value is -2.96. The Morgan fingerprint density at radius 2 is 1.71 bits per heavy atom. The molecule has 0 radical (unpaired) electrons. The molecule has 24 heavy (non-hydrogen) atoms. The van der Waals surface area contributed by atoms with Gasteiger partial charge in [-0.15, -0.1) is 0 Å². The van der Waals surface area contributed by atoms with E-state index in [1.807, 2.05) is 0 Å². The number of hydrogen-bond donors (Lipinski definition) is 2. The summed E-state index contributed by atoms with van der Waals surface area (Å²) in [4.78, 5) is 21.4. The van der Waals surface area contributed by atoms with E-state index in [1.54, 1.807) is 24.3 Å². The van der Waals surface area contributed by atoms with Gasteiger partial charge in [0.2, 0.25) is 0 Å². The second-order valence-corrected chi connectivity index (χ2v) is 4.96. The highest BCUT2D eigenvalue weighted by atomic mass is 19.1. The molecule has 0 atom stereocenters. The molecule has 0 aliphatic rings. The third-order valence-corrected chi connectivity index (χ3v) is 3.22. The minimum absolute atomic E-state index is 0.102. The molecule has 126 valence electrons. The number of ether oxygens (including phenoxy) is 1. The van der Waals surface area contributed by atoms with Gasteiger partial charge in [-0.25, -0.2) is 18.4 Å². The Morgan fingerprint density at radius 1 is 1.04 bits per heavy atom. The molecule has 2 N–H and O–H groups in total. The van der Waals surface area contributed by atoms with Crippen LogP contribution in [0.15, 0.2) is 42.5 Å². The predicted molar refractivity (Wildman–Crippen MR) is 82.5 cm³/mol. The van der Waals surface area contributed by atoms with Crippen LogP contribution in [0.25, 0.3) is 11.1 Å². The van der Waals surface area contributed by atoms with Gasteiger partial charge in [0.15, 0.2) is 6.61 Å². The SMILES string of the molecule is O=C(O)COC(=O)NCCc1ccc(-c2ccc(F)cc2)cc1F. The van der Waals surface area contributed by atoms with Gasteiger partial charge in [0.25, 0.3) is 0 Å². The number of rotatable bonds is 6. The first-order valence-electron chi connectivity index (χ1n) is 7.12. The molecule has 0 spiro atoms. The van der Waals surface area contributed by atoms with Crippen molar-refractivity contribution in [2.24, 2.45) is 0 Å². The van der Waals surface area contributed by atoms with Crippen molar-refractivity contribution in [2.75, 3.05) is 13.2 Å². The van der Waals surface area contributed by atoms with Gasteiger partial charge in [0, 0.05) is 6.54 Å². The summed E-state index contributed by atoms with van der Waals surface area (Å²) in [5.41, 5.74) is 1.70. The molecule has 0 aliphatic carbocycles. The quantitative estimate of drug-likeness (QED) is 0.851. The molecule has 1 amide bonds. The van der Waals surface area contributed by atoms with Gasteiger partial charge < -0.3 is 15.2 Å². The predicted octanol–water partition coefficient (Wildman–Crippen LogP) is 2.99. The van der Waals surface area contributed by atoms with E-state index in [1.165, 1.54) is 18.2 Å². The van der Waals surface area contributed by atoms with Gasteiger partial charge in [-0.1, -0.05) is 24.3 Å². The van der Waals surface area contributed by atoms with Crippen molar-refractivity contribution in [3.63, 3.8) is 0 Å². The van der Waals surface area contributed by atoms with E-state index in [0.29, 0.717) is 16.7 Å². The number of nitrogens with one attached hydrogen (secondary N) is 1. The van der Waals surface area contributed by atoms with Crippen LogP contribution in [0.5, 0.6) is 0 Å². The summed E-state index contributed by atoms with van der Waals surface area (Å²) < 4.78 is 31.4. The van der Waals surface area contributed by atoms with E-state index in [2.05, 4.69) is 10.1 Å². The molecule has 0 saturated carbocycles. The lowest BCUT2D eigenvalue weighted by Gasteiger charge is -2.08. The maximum absolute atomic E-state index is 14.1. The Balaban J connectivity index is 1.92. The smallest absolute Gasteiger partial charge is 0.407 e. The lowest BCUT2D eigenvalue weighted by molar-refractivity contribution is -0.140. The largest absolute Gasteiger partial charge is 0.479 e. The second kappa shape index (κ2) is 8.05. The van der Waals surface area contributed by atoms with Crippen molar-refractivity contribution in [2.45, 2.75) is 6.42 Å². The molecule has 5 nitrogen and oxygen atoms in total. The zero-order chi connectivity index (χ0) is 17.5. The van der Waals surface area contributed by atoms with Crippen LogP contribution in [-0.4, -0.2) is 30.3 Å². The van der Waals surface area contributed by atoms with E-state index in [0.717, 1.165) is 0 Å². The summed E-state index contributed by atoms with van der Waals surface area (Å²) in [5.74, 6) is -2.07. The normalized spacial score (nSPS) is 10.2. The molecule has 0 aliphatic heterocycles. The molecule has 0 aromatic heterocycles. The van der Waals surface area contributed by atoms with Crippen LogP contribution in [0.1, 0.15) is 5.56 Å². The highest BCUT2D eigenvalue weighted by Gasteiger charge is 2.08. The van der Waals surface area contributed by atoms with E-state index in [-0.39, 0.29) is 18.8 Å². The summed E-state index contributed by atoms with van der Waals surface area (Å²) in [6, 6.07) is 10.3. The molecule has 0 bridgehead atoms. The molecule has 0 fully saturated rings. The lowest BCUT2D eigenvalue weighted by Crippen LogP contribution is -2.28. The molecule has 0 heterocycles.